The largest absolute Gasteiger partial charge is 0.461 e. The molecule has 0 aromatic carbocycles. The van der Waals surface area contributed by atoms with Crippen LogP contribution in [0.2, 0.25) is 0 Å². The average Bonchev–Trinajstić information content (AvgIpc) is 3.15. The topological polar surface area (TPSA) is 98.3 Å². The highest BCUT2D eigenvalue weighted by Gasteiger charge is 2.42. The highest BCUT2D eigenvalue weighted by Crippen LogP contribution is 2.37. The summed E-state index contributed by atoms with van der Waals surface area (Å²) in [4.78, 5) is 15.0. The second kappa shape index (κ2) is 8.61. The molecule has 2 aromatic heterocycles. The van der Waals surface area contributed by atoms with Gasteiger partial charge in [0.05, 0.1) is 23.5 Å². The lowest BCUT2D eigenvalue weighted by atomic mass is 9.95. The third kappa shape index (κ3) is 4.55. The maximum absolute atomic E-state index is 13.2. The first-order valence-electron chi connectivity index (χ1n) is 11.1. The molecule has 2 aromatic rings. The van der Waals surface area contributed by atoms with Gasteiger partial charge in [0.1, 0.15) is 0 Å². The fraction of sp³-hybridized carbons (Fsp3) is 0.667. The van der Waals surface area contributed by atoms with Gasteiger partial charge in [-0.2, -0.15) is 0 Å². The van der Waals surface area contributed by atoms with E-state index in [1.54, 1.807) is 6.26 Å². The van der Waals surface area contributed by atoms with Crippen LogP contribution in [0.3, 0.4) is 0 Å². The van der Waals surface area contributed by atoms with Crippen molar-refractivity contribution in [3.8, 4) is 11.6 Å². The number of furan rings is 1. The fourth-order valence-corrected chi connectivity index (χ4v) is 7.46. The van der Waals surface area contributed by atoms with Crippen LogP contribution in [0.15, 0.2) is 28.0 Å². The first kappa shape index (κ1) is 21.1. The van der Waals surface area contributed by atoms with E-state index in [2.05, 4.69) is 14.8 Å². The lowest BCUT2D eigenvalue weighted by Gasteiger charge is -2.28. The number of hydrogen-bond donors (Lipinski definition) is 0. The number of hydrogen-bond acceptors (Lipinski definition) is 7. The lowest BCUT2D eigenvalue weighted by molar-refractivity contribution is -0.130. The van der Waals surface area contributed by atoms with E-state index in [4.69, 9.17) is 4.42 Å². The van der Waals surface area contributed by atoms with Gasteiger partial charge in [0, 0.05) is 18.1 Å². The van der Waals surface area contributed by atoms with Gasteiger partial charge >= 0.3 is 0 Å². The Hall–Kier alpha value is -1.81. The molecule has 3 fully saturated rings. The average molecular weight is 465 g/mol. The van der Waals surface area contributed by atoms with E-state index < -0.39 is 9.84 Å². The summed E-state index contributed by atoms with van der Waals surface area (Å²) >= 11 is 1.41. The molecule has 2 saturated carbocycles. The molecule has 10 heteroatoms. The molecule has 3 heterocycles. The monoisotopic (exact) mass is 464 g/mol. The van der Waals surface area contributed by atoms with Gasteiger partial charge in [-0.05, 0) is 44.2 Å². The Morgan fingerprint density at radius 2 is 1.94 bits per heavy atom. The summed E-state index contributed by atoms with van der Waals surface area (Å²) in [6, 6.07) is 4.05. The first-order valence-corrected chi connectivity index (χ1v) is 14.0. The van der Waals surface area contributed by atoms with Crippen molar-refractivity contribution in [1.29, 1.82) is 0 Å². The van der Waals surface area contributed by atoms with Crippen molar-refractivity contribution in [3.63, 3.8) is 0 Å². The predicted molar refractivity (Wildman–Crippen MR) is 117 cm³/mol. The molecular weight excluding hydrogens is 436 g/mol. The number of carbonyl (C=O) groups is 1. The molecular formula is C21H28N4O4S2. The van der Waals surface area contributed by atoms with E-state index in [1.165, 1.54) is 31.0 Å². The van der Waals surface area contributed by atoms with Crippen molar-refractivity contribution in [2.75, 3.05) is 17.3 Å². The smallest absolute Gasteiger partial charge is 0.233 e. The van der Waals surface area contributed by atoms with Gasteiger partial charge in [0.25, 0.3) is 0 Å². The Bertz CT molecular complexity index is 1020. The minimum atomic E-state index is -3.03. The lowest BCUT2D eigenvalue weighted by Crippen LogP contribution is -2.43. The van der Waals surface area contributed by atoms with E-state index in [9.17, 15) is 13.2 Å². The summed E-state index contributed by atoms with van der Waals surface area (Å²) in [5.74, 6) is 1.94. The van der Waals surface area contributed by atoms with Crippen LogP contribution in [-0.4, -0.2) is 63.3 Å². The molecule has 0 bridgehead atoms. The number of thioether (sulfide) groups is 1. The Balaban J connectivity index is 1.34. The number of aromatic nitrogens is 3. The normalized spacial score (nSPS) is 23.8. The van der Waals surface area contributed by atoms with Crippen LogP contribution in [0.1, 0.15) is 57.4 Å². The summed E-state index contributed by atoms with van der Waals surface area (Å²) in [5.41, 5.74) is 0. The van der Waals surface area contributed by atoms with Gasteiger partial charge in [-0.1, -0.05) is 31.0 Å². The fourth-order valence-electron chi connectivity index (χ4n) is 4.87. The Kier molecular flexibility index (Phi) is 5.85. The van der Waals surface area contributed by atoms with Crippen LogP contribution in [0.4, 0.5) is 0 Å². The zero-order valence-corrected chi connectivity index (χ0v) is 19.1. The van der Waals surface area contributed by atoms with E-state index in [1.807, 2.05) is 17.0 Å². The number of carbonyl (C=O) groups excluding carboxylic acids is 1. The maximum Gasteiger partial charge on any atom is 0.233 e. The van der Waals surface area contributed by atoms with Crippen LogP contribution >= 0.6 is 11.8 Å². The van der Waals surface area contributed by atoms with Crippen molar-refractivity contribution in [3.05, 3.63) is 18.4 Å². The van der Waals surface area contributed by atoms with Crippen molar-refractivity contribution in [2.24, 2.45) is 0 Å². The van der Waals surface area contributed by atoms with Crippen LogP contribution < -0.4 is 0 Å². The molecule has 0 radical (unpaired) electrons. The van der Waals surface area contributed by atoms with Crippen LogP contribution in [0.5, 0.6) is 0 Å². The summed E-state index contributed by atoms with van der Waals surface area (Å²) in [6.07, 6.45) is 9.86. The number of sulfone groups is 1. The number of nitrogens with zero attached hydrogens (tertiary/aromatic N) is 4. The molecule has 1 amide bonds. The third-order valence-corrected chi connectivity index (χ3v) is 9.18. The van der Waals surface area contributed by atoms with Gasteiger partial charge in [-0.25, -0.2) is 8.42 Å². The highest BCUT2D eigenvalue weighted by molar-refractivity contribution is 7.99. The Morgan fingerprint density at radius 1 is 1.13 bits per heavy atom. The summed E-state index contributed by atoms with van der Waals surface area (Å²) in [6.45, 7) is 0. The van der Waals surface area contributed by atoms with Gasteiger partial charge in [-0.15, -0.1) is 10.2 Å². The maximum atomic E-state index is 13.2. The molecule has 8 nitrogen and oxygen atoms in total. The molecule has 2 aliphatic carbocycles. The molecule has 5 rings (SSSR count). The zero-order chi connectivity index (χ0) is 21.4. The zero-order valence-electron chi connectivity index (χ0n) is 17.5. The molecule has 0 spiro atoms. The highest BCUT2D eigenvalue weighted by atomic mass is 32.2. The summed E-state index contributed by atoms with van der Waals surface area (Å²) in [5, 5.41) is 9.54. The standard InChI is InChI=1S/C21H28N4O4S2/c26-19(24(16-8-9-16)17-10-12-31(27,28)14-17)13-30-21-23-22-20(18-7-4-11-29-18)25(21)15-5-2-1-3-6-15/h4,7,11,15-17H,1-3,5-6,8-10,12-14H2. The first-order chi connectivity index (χ1) is 15.0. The Morgan fingerprint density at radius 3 is 2.58 bits per heavy atom. The van der Waals surface area contributed by atoms with Crippen LogP contribution in [0, 0.1) is 0 Å². The molecule has 1 aliphatic heterocycles. The molecule has 1 atom stereocenters. The van der Waals surface area contributed by atoms with Crippen molar-refractivity contribution in [2.45, 2.75) is 74.6 Å². The summed E-state index contributed by atoms with van der Waals surface area (Å²) in [7, 11) is -3.03. The Labute approximate surface area is 186 Å². The van der Waals surface area contributed by atoms with Gasteiger partial charge in [-0.3, -0.25) is 9.36 Å². The van der Waals surface area contributed by atoms with Crippen molar-refractivity contribution in [1.82, 2.24) is 19.7 Å². The summed E-state index contributed by atoms with van der Waals surface area (Å²) < 4.78 is 31.6. The SMILES string of the molecule is O=C(CSc1nnc(-c2ccco2)n1C1CCCCC1)N(C1CC1)C1CCS(=O)(=O)C1. The van der Waals surface area contributed by atoms with Crippen molar-refractivity contribution >= 4 is 27.5 Å². The number of rotatable bonds is 7. The second-order valence-electron chi connectivity index (χ2n) is 8.82. The minimum absolute atomic E-state index is 0.00680. The number of amides is 1. The van der Waals surface area contributed by atoms with Crippen molar-refractivity contribution < 1.29 is 17.6 Å². The van der Waals surface area contributed by atoms with Gasteiger partial charge in [0.15, 0.2) is 20.8 Å². The van der Waals surface area contributed by atoms with E-state index in [0.29, 0.717) is 24.0 Å². The third-order valence-electron chi connectivity index (χ3n) is 6.50. The van der Waals surface area contributed by atoms with Gasteiger partial charge < -0.3 is 9.32 Å². The van der Waals surface area contributed by atoms with E-state index in [-0.39, 0.29) is 35.2 Å². The minimum Gasteiger partial charge on any atom is -0.461 e. The molecule has 1 unspecified atom stereocenters. The molecule has 0 N–H and O–H groups in total. The van der Waals surface area contributed by atoms with E-state index in [0.717, 1.165) is 30.8 Å². The van der Waals surface area contributed by atoms with Crippen LogP contribution in [0.25, 0.3) is 11.6 Å². The van der Waals surface area contributed by atoms with Gasteiger partial charge in [0.2, 0.25) is 11.7 Å². The van der Waals surface area contributed by atoms with Crippen LogP contribution in [-0.2, 0) is 14.6 Å². The predicted octanol–water partition coefficient (Wildman–Crippen LogP) is 3.31. The molecule has 1 saturated heterocycles. The quantitative estimate of drug-likeness (QED) is 0.580. The van der Waals surface area contributed by atoms with E-state index >= 15 is 0 Å². The second-order valence-corrected chi connectivity index (χ2v) is 12.0. The molecule has 3 aliphatic rings. The molecule has 31 heavy (non-hydrogen) atoms. The molecule has 168 valence electrons.